The van der Waals surface area contributed by atoms with Gasteiger partial charge in [-0.1, -0.05) is 141 Å². The molecule has 0 saturated carbocycles. The highest BCUT2D eigenvalue weighted by atomic mass is 16.3. The van der Waals surface area contributed by atoms with Crippen LogP contribution in [0.4, 0.5) is 17.1 Å². The molecule has 0 amide bonds. The molecule has 3 heteroatoms. The quantitative estimate of drug-likeness (QED) is 0.175. The highest BCUT2D eigenvalue weighted by Gasteiger charge is 2.35. The SMILES string of the molecule is CC1(C)c2ccccc2-c2cc(N(c3ccc(-c4ccccc4)cc3)c3ccc(-c4cc5nc(-c6ccccc6)oc5c5ccccc45)cc3)ccc21. The van der Waals surface area contributed by atoms with Crippen molar-refractivity contribution in [2.75, 3.05) is 4.90 Å². The molecule has 0 saturated heterocycles. The van der Waals surface area contributed by atoms with Crippen molar-refractivity contribution in [3.05, 3.63) is 193 Å². The van der Waals surface area contributed by atoms with E-state index in [0.29, 0.717) is 5.89 Å². The molecule has 10 rings (SSSR count). The fourth-order valence-electron chi connectivity index (χ4n) is 8.21. The zero-order chi connectivity index (χ0) is 35.5. The smallest absolute Gasteiger partial charge is 0.227 e. The number of hydrogen-bond acceptors (Lipinski definition) is 3. The summed E-state index contributed by atoms with van der Waals surface area (Å²) >= 11 is 0. The number of benzene rings is 8. The molecular formula is C50H36N2O. The van der Waals surface area contributed by atoms with Crippen LogP contribution in [0.25, 0.3) is 66.7 Å². The molecule has 0 atom stereocenters. The molecule has 1 aliphatic rings. The Kier molecular flexibility index (Phi) is 7.16. The van der Waals surface area contributed by atoms with Crippen molar-refractivity contribution >= 4 is 38.9 Å². The molecule has 53 heavy (non-hydrogen) atoms. The predicted octanol–water partition coefficient (Wildman–Crippen LogP) is 13.8. The lowest BCUT2D eigenvalue weighted by Crippen LogP contribution is -2.15. The third kappa shape index (κ3) is 5.16. The van der Waals surface area contributed by atoms with Crippen LogP contribution in [0.15, 0.2) is 186 Å². The fraction of sp³-hybridized carbons (Fsp3) is 0.0600. The van der Waals surface area contributed by atoms with Crippen LogP contribution in [0.2, 0.25) is 0 Å². The van der Waals surface area contributed by atoms with Gasteiger partial charge in [-0.15, -0.1) is 0 Å². The molecule has 8 aromatic carbocycles. The van der Waals surface area contributed by atoms with E-state index >= 15 is 0 Å². The topological polar surface area (TPSA) is 29.3 Å². The average molecular weight is 681 g/mol. The molecule has 0 unspecified atom stereocenters. The molecule has 0 radical (unpaired) electrons. The Labute approximate surface area is 309 Å². The maximum Gasteiger partial charge on any atom is 0.227 e. The summed E-state index contributed by atoms with van der Waals surface area (Å²) in [7, 11) is 0. The van der Waals surface area contributed by atoms with E-state index in [2.05, 4.69) is 170 Å². The van der Waals surface area contributed by atoms with Gasteiger partial charge < -0.3 is 9.32 Å². The monoisotopic (exact) mass is 680 g/mol. The van der Waals surface area contributed by atoms with Crippen LogP contribution in [-0.2, 0) is 5.41 Å². The molecule has 252 valence electrons. The maximum atomic E-state index is 6.39. The second kappa shape index (κ2) is 12.2. The van der Waals surface area contributed by atoms with Gasteiger partial charge in [0.15, 0.2) is 5.58 Å². The average Bonchev–Trinajstić information content (AvgIpc) is 3.76. The highest BCUT2D eigenvalue weighted by Crippen LogP contribution is 2.50. The van der Waals surface area contributed by atoms with E-state index < -0.39 is 0 Å². The minimum atomic E-state index is -0.0517. The standard InChI is InChI=1S/C50H36N2O/c1-50(2)45-20-12-11-18-41(45)44-31-39(29-30-46(44)50)52(37-25-21-34(22-26-37)33-13-5-3-6-14-33)38-27-23-35(24-28-38)43-32-47-48(42-19-10-9-17-40(42)43)53-49(51-47)36-15-7-4-8-16-36/h3-32H,1-2H3. The van der Waals surface area contributed by atoms with Crippen molar-refractivity contribution in [1.82, 2.24) is 4.98 Å². The van der Waals surface area contributed by atoms with Gasteiger partial charge in [-0.3, -0.25) is 0 Å². The largest absolute Gasteiger partial charge is 0.435 e. The summed E-state index contributed by atoms with van der Waals surface area (Å²) in [5.74, 6) is 0.632. The van der Waals surface area contributed by atoms with Crippen molar-refractivity contribution in [1.29, 1.82) is 0 Å². The molecule has 9 aromatic rings. The molecular weight excluding hydrogens is 645 g/mol. The summed E-state index contributed by atoms with van der Waals surface area (Å²) in [6.45, 7) is 4.66. The number of rotatable bonds is 6. The Morgan fingerprint density at radius 2 is 0.981 bits per heavy atom. The van der Waals surface area contributed by atoms with Gasteiger partial charge in [0.1, 0.15) is 5.52 Å². The minimum absolute atomic E-state index is 0.0517. The van der Waals surface area contributed by atoms with E-state index in [9.17, 15) is 0 Å². The third-order valence-corrected chi connectivity index (χ3v) is 10.9. The first-order valence-corrected chi connectivity index (χ1v) is 18.2. The van der Waals surface area contributed by atoms with Gasteiger partial charge in [-0.05, 0) is 104 Å². The van der Waals surface area contributed by atoms with Gasteiger partial charge in [0, 0.05) is 33.4 Å². The second-order valence-electron chi connectivity index (χ2n) is 14.4. The normalized spacial score (nSPS) is 12.9. The van der Waals surface area contributed by atoms with Crippen LogP contribution in [0, 0.1) is 0 Å². The summed E-state index contributed by atoms with van der Waals surface area (Å²) < 4.78 is 6.39. The van der Waals surface area contributed by atoms with Crippen molar-refractivity contribution in [3.63, 3.8) is 0 Å². The fourth-order valence-corrected chi connectivity index (χ4v) is 8.21. The van der Waals surface area contributed by atoms with Crippen LogP contribution in [-0.4, -0.2) is 4.98 Å². The lowest BCUT2D eigenvalue weighted by Gasteiger charge is -2.27. The van der Waals surface area contributed by atoms with Gasteiger partial charge >= 0.3 is 0 Å². The Balaban J connectivity index is 1.09. The van der Waals surface area contributed by atoms with Crippen LogP contribution in [0.1, 0.15) is 25.0 Å². The summed E-state index contributed by atoms with van der Waals surface area (Å²) in [5, 5.41) is 2.19. The first-order chi connectivity index (χ1) is 26.0. The van der Waals surface area contributed by atoms with Crippen LogP contribution in [0.3, 0.4) is 0 Å². The van der Waals surface area contributed by atoms with E-state index in [1.54, 1.807) is 0 Å². The molecule has 3 nitrogen and oxygen atoms in total. The lowest BCUT2D eigenvalue weighted by molar-refractivity contribution is 0.623. The van der Waals surface area contributed by atoms with Gasteiger partial charge in [0.05, 0.1) is 0 Å². The summed E-state index contributed by atoms with van der Waals surface area (Å²) in [6.07, 6.45) is 0. The van der Waals surface area contributed by atoms with Crippen molar-refractivity contribution < 1.29 is 4.42 Å². The highest BCUT2D eigenvalue weighted by molar-refractivity contribution is 6.11. The van der Waals surface area contributed by atoms with Gasteiger partial charge in [-0.2, -0.15) is 0 Å². The molecule has 0 aliphatic heterocycles. The summed E-state index contributed by atoms with van der Waals surface area (Å²) in [4.78, 5) is 7.33. The maximum absolute atomic E-state index is 6.39. The van der Waals surface area contributed by atoms with Crippen LogP contribution in [0.5, 0.6) is 0 Å². The number of fused-ring (bicyclic) bond motifs is 6. The lowest BCUT2D eigenvalue weighted by atomic mass is 9.82. The zero-order valence-electron chi connectivity index (χ0n) is 29.6. The molecule has 1 aromatic heterocycles. The predicted molar refractivity (Wildman–Crippen MR) is 220 cm³/mol. The van der Waals surface area contributed by atoms with Crippen molar-refractivity contribution in [2.45, 2.75) is 19.3 Å². The Hall–Kier alpha value is -6.71. The van der Waals surface area contributed by atoms with Crippen molar-refractivity contribution in [2.24, 2.45) is 0 Å². The molecule has 0 spiro atoms. The van der Waals surface area contributed by atoms with Crippen molar-refractivity contribution in [3.8, 4) is 44.8 Å². The first-order valence-electron chi connectivity index (χ1n) is 18.2. The van der Waals surface area contributed by atoms with Gasteiger partial charge in [0.2, 0.25) is 5.89 Å². The van der Waals surface area contributed by atoms with Crippen LogP contribution >= 0.6 is 0 Å². The van der Waals surface area contributed by atoms with E-state index in [1.165, 1.54) is 33.4 Å². The van der Waals surface area contributed by atoms with E-state index in [4.69, 9.17) is 9.40 Å². The molecule has 0 N–H and O–H groups in total. The second-order valence-corrected chi connectivity index (χ2v) is 14.4. The molecule has 0 bridgehead atoms. The third-order valence-electron chi connectivity index (χ3n) is 10.9. The van der Waals surface area contributed by atoms with E-state index in [0.717, 1.165) is 55.6 Å². The minimum Gasteiger partial charge on any atom is -0.435 e. The number of nitrogens with zero attached hydrogens (tertiary/aromatic N) is 2. The number of hydrogen-bond donors (Lipinski definition) is 0. The van der Waals surface area contributed by atoms with Gasteiger partial charge in [-0.25, -0.2) is 4.98 Å². The Bertz CT molecular complexity index is 2780. The first kappa shape index (κ1) is 31.1. The zero-order valence-corrected chi connectivity index (χ0v) is 29.6. The van der Waals surface area contributed by atoms with E-state index in [-0.39, 0.29) is 5.41 Å². The Morgan fingerprint density at radius 3 is 1.70 bits per heavy atom. The van der Waals surface area contributed by atoms with Gasteiger partial charge in [0.25, 0.3) is 0 Å². The number of aromatic nitrogens is 1. The summed E-state index contributed by atoms with van der Waals surface area (Å²) in [6, 6.07) is 65.0. The Morgan fingerprint density at radius 1 is 0.434 bits per heavy atom. The molecule has 0 fully saturated rings. The number of oxazole rings is 1. The number of anilines is 3. The van der Waals surface area contributed by atoms with Crippen LogP contribution < -0.4 is 4.90 Å². The molecule has 1 heterocycles. The summed E-state index contributed by atoms with van der Waals surface area (Å²) in [5.41, 5.74) is 15.9. The molecule has 1 aliphatic carbocycles. The van der Waals surface area contributed by atoms with E-state index in [1.807, 2.05) is 30.3 Å².